The van der Waals surface area contributed by atoms with E-state index in [1.165, 1.54) is 6.26 Å². The molecule has 1 aliphatic carbocycles. The molecule has 0 spiro atoms. The number of carbonyl (C=O) groups excluding carboxylic acids is 2. The maximum absolute atomic E-state index is 13.2. The number of nitrogens with one attached hydrogen (secondary N) is 1. The Bertz CT molecular complexity index is 1230. The first-order chi connectivity index (χ1) is 15.6. The SMILES string of the molecule is CC1(C)C(=O)N(Cc2ccc(S(C)(=O)=O)cc2)c2ccc(N/N=C3\CCCCCC3=O)cc21. The maximum atomic E-state index is 13.2. The van der Waals surface area contributed by atoms with Gasteiger partial charge in [-0.15, -0.1) is 0 Å². The van der Waals surface area contributed by atoms with E-state index < -0.39 is 15.3 Å². The number of anilines is 2. The summed E-state index contributed by atoms with van der Waals surface area (Å²) in [6, 6.07) is 12.3. The van der Waals surface area contributed by atoms with Crippen molar-refractivity contribution in [3.8, 4) is 0 Å². The second kappa shape index (κ2) is 8.74. The van der Waals surface area contributed by atoms with Gasteiger partial charge in [-0.3, -0.25) is 15.0 Å². The Hall–Kier alpha value is -3.00. The molecule has 1 N–H and O–H groups in total. The number of nitrogens with zero attached hydrogens (tertiary/aromatic N) is 2. The number of Topliss-reactive ketones (excluding diaryl/α,β-unsaturated/α-hetero) is 1. The van der Waals surface area contributed by atoms with Crippen LogP contribution in [0.15, 0.2) is 52.5 Å². The van der Waals surface area contributed by atoms with Crippen LogP contribution in [-0.2, 0) is 31.4 Å². The fourth-order valence-electron chi connectivity index (χ4n) is 4.37. The minimum Gasteiger partial charge on any atom is -0.307 e. The van der Waals surface area contributed by atoms with Crippen molar-refractivity contribution in [1.29, 1.82) is 0 Å². The molecule has 2 aromatic rings. The second-order valence-corrected chi connectivity index (χ2v) is 11.3. The highest BCUT2D eigenvalue weighted by Gasteiger charge is 2.43. The summed E-state index contributed by atoms with van der Waals surface area (Å²) in [6.45, 7) is 4.14. The van der Waals surface area contributed by atoms with E-state index in [2.05, 4.69) is 10.5 Å². The van der Waals surface area contributed by atoms with E-state index in [9.17, 15) is 18.0 Å². The number of fused-ring (bicyclic) bond motifs is 1. The summed E-state index contributed by atoms with van der Waals surface area (Å²) in [5, 5.41) is 4.37. The molecule has 0 aromatic heterocycles. The van der Waals surface area contributed by atoms with Gasteiger partial charge in [0.25, 0.3) is 0 Å². The lowest BCUT2D eigenvalue weighted by Gasteiger charge is -2.20. The molecule has 33 heavy (non-hydrogen) atoms. The van der Waals surface area contributed by atoms with Gasteiger partial charge in [-0.2, -0.15) is 5.10 Å². The molecule has 1 fully saturated rings. The molecule has 2 aromatic carbocycles. The highest BCUT2D eigenvalue weighted by molar-refractivity contribution is 7.90. The zero-order valence-corrected chi connectivity index (χ0v) is 20.0. The summed E-state index contributed by atoms with van der Waals surface area (Å²) in [4.78, 5) is 27.4. The van der Waals surface area contributed by atoms with Gasteiger partial charge in [0.05, 0.1) is 22.5 Å². The van der Waals surface area contributed by atoms with Crippen LogP contribution in [0.25, 0.3) is 0 Å². The topological polar surface area (TPSA) is 95.9 Å². The zero-order valence-electron chi connectivity index (χ0n) is 19.2. The number of ketones is 1. The van der Waals surface area contributed by atoms with Gasteiger partial charge in [-0.25, -0.2) is 8.42 Å². The molecule has 1 saturated carbocycles. The fraction of sp³-hybridized carbons (Fsp3) is 0.400. The minimum absolute atomic E-state index is 0.0212. The van der Waals surface area contributed by atoms with Crippen molar-refractivity contribution in [2.75, 3.05) is 16.6 Å². The third kappa shape index (κ3) is 4.71. The maximum Gasteiger partial charge on any atom is 0.237 e. The smallest absolute Gasteiger partial charge is 0.237 e. The Morgan fingerprint density at radius 2 is 1.70 bits per heavy atom. The van der Waals surface area contributed by atoms with Crippen LogP contribution in [0.2, 0.25) is 0 Å². The molecule has 0 bridgehead atoms. The van der Waals surface area contributed by atoms with E-state index in [1.807, 2.05) is 32.0 Å². The van der Waals surface area contributed by atoms with Crippen LogP contribution in [-0.4, -0.2) is 32.1 Å². The Morgan fingerprint density at radius 1 is 1.00 bits per heavy atom. The summed E-state index contributed by atoms with van der Waals surface area (Å²) >= 11 is 0. The zero-order chi connectivity index (χ0) is 23.8. The van der Waals surface area contributed by atoms with Crippen LogP contribution in [0.4, 0.5) is 11.4 Å². The lowest BCUT2D eigenvalue weighted by molar-refractivity contribution is -0.122. The quantitative estimate of drug-likeness (QED) is 0.525. The Kier molecular flexibility index (Phi) is 6.14. The highest BCUT2D eigenvalue weighted by Crippen LogP contribution is 2.43. The predicted molar refractivity (Wildman–Crippen MR) is 129 cm³/mol. The second-order valence-electron chi connectivity index (χ2n) is 9.32. The molecule has 2 aliphatic rings. The molecule has 174 valence electrons. The summed E-state index contributed by atoms with van der Waals surface area (Å²) in [5.41, 5.74) is 6.18. The first-order valence-corrected chi connectivity index (χ1v) is 13.1. The van der Waals surface area contributed by atoms with Crippen LogP contribution in [0, 0.1) is 0 Å². The normalized spacial score (nSPS) is 19.5. The average Bonchev–Trinajstić information content (AvgIpc) is 2.90. The van der Waals surface area contributed by atoms with E-state index in [4.69, 9.17) is 0 Å². The average molecular weight is 468 g/mol. The van der Waals surface area contributed by atoms with Crippen LogP contribution in [0.3, 0.4) is 0 Å². The Balaban J connectivity index is 1.58. The standard InChI is InChI=1S/C25H29N3O4S/c1-25(2)20-15-18(26-27-21-7-5-4-6-8-23(21)29)11-14-22(20)28(24(25)30)16-17-9-12-19(13-10-17)33(3,31)32/h9-15,26H,4-8,16H2,1-3H3/b27-21+. The molecule has 0 unspecified atom stereocenters. The van der Waals surface area contributed by atoms with E-state index in [1.54, 1.807) is 29.2 Å². The monoisotopic (exact) mass is 467 g/mol. The molecule has 1 aliphatic heterocycles. The number of amides is 1. The number of hydrogen-bond acceptors (Lipinski definition) is 6. The van der Waals surface area contributed by atoms with Gasteiger partial charge in [0.15, 0.2) is 15.6 Å². The van der Waals surface area contributed by atoms with Gasteiger partial charge in [-0.1, -0.05) is 18.6 Å². The lowest BCUT2D eigenvalue weighted by Crippen LogP contribution is -2.35. The molecule has 0 radical (unpaired) electrons. The summed E-state index contributed by atoms with van der Waals surface area (Å²) in [7, 11) is -3.27. The number of carbonyl (C=O) groups is 2. The molecule has 1 heterocycles. The molecular formula is C25H29N3O4S. The number of sulfone groups is 1. The van der Waals surface area contributed by atoms with Crippen molar-refractivity contribution < 1.29 is 18.0 Å². The fourth-order valence-corrected chi connectivity index (χ4v) is 5.00. The number of hydrogen-bond donors (Lipinski definition) is 1. The molecular weight excluding hydrogens is 438 g/mol. The number of benzene rings is 2. The third-order valence-electron chi connectivity index (χ3n) is 6.39. The van der Waals surface area contributed by atoms with Crippen molar-refractivity contribution in [3.63, 3.8) is 0 Å². The van der Waals surface area contributed by atoms with Crippen molar-refractivity contribution in [1.82, 2.24) is 0 Å². The first kappa shape index (κ1) is 23.2. The van der Waals surface area contributed by atoms with Gasteiger partial charge in [0.1, 0.15) is 5.71 Å². The highest BCUT2D eigenvalue weighted by atomic mass is 32.2. The van der Waals surface area contributed by atoms with Crippen molar-refractivity contribution in [2.45, 2.75) is 62.8 Å². The molecule has 4 rings (SSSR count). The molecule has 0 atom stereocenters. The van der Waals surface area contributed by atoms with Crippen molar-refractivity contribution in [3.05, 3.63) is 53.6 Å². The molecule has 8 heteroatoms. The predicted octanol–water partition coefficient (Wildman–Crippen LogP) is 4.22. The van der Waals surface area contributed by atoms with Gasteiger partial charge >= 0.3 is 0 Å². The van der Waals surface area contributed by atoms with Gasteiger partial charge in [0, 0.05) is 18.4 Å². The van der Waals surface area contributed by atoms with Crippen molar-refractivity contribution in [2.24, 2.45) is 5.10 Å². The van der Waals surface area contributed by atoms with Gasteiger partial charge < -0.3 is 4.90 Å². The van der Waals surface area contributed by atoms with E-state index in [-0.39, 0.29) is 16.6 Å². The summed E-state index contributed by atoms with van der Waals surface area (Å²) in [6.07, 6.45) is 5.34. The molecule has 0 saturated heterocycles. The summed E-state index contributed by atoms with van der Waals surface area (Å²) in [5.74, 6) is 0.0804. The van der Waals surface area contributed by atoms with E-state index in [0.29, 0.717) is 25.1 Å². The van der Waals surface area contributed by atoms with Crippen molar-refractivity contribution >= 4 is 38.6 Å². The number of hydrazone groups is 1. The minimum atomic E-state index is -3.27. The van der Waals surface area contributed by atoms with E-state index >= 15 is 0 Å². The molecule has 1 amide bonds. The van der Waals surface area contributed by atoms with Gasteiger partial charge in [0.2, 0.25) is 5.91 Å². The van der Waals surface area contributed by atoms with Crippen LogP contribution in [0.1, 0.15) is 57.1 Å². The number of rotatable bonds is 5. The van der Waals surface area contributed by atoms with Crippen LogP contribution >= 0.6 is 0 Å². The van der Waals surface area contributed by atoms with Crippen LogP contribution in [0.5, 0.6) is 0 Å². The summed E-state index contributed by atoms with van der Waals surface area (Å²) < 4.78 is 23.4. The van der Waals surface area contributed by atoms with Crippen LogP contribution < -0.4 is 10.3 Å². The third-order valence-corrected chi connectivity index (χ3v) is 7.52. The Labute approximate surface area is 194 Å². The van der Waals surface area contributed by atoms with Gasteiger partial charge in [-0.05, 0) is 74.6 Å². The molecule has 7 nitrogen and oxygen atoms in total. The van der Waals surface area contributed by atoms with E-state index in [0.717, 1.165) is 41.8 Å². The largest absolute Gasteiger partial charge is 0.307 e. The first-order valence-electron chi connectivity index (χ1n) is 11.2. The Morgan fingerprint density at radius 3 is 2.39 bits per heavy atom. The lowest BCUT2D eigenvalue weighted by atomic mass is 9.86.